The molecular formula is C20H18N4O2S. The molecule has 7 heteroatoms. The zero-order valence-electron chi connectivity index (χ0n) is 14.6. The first-order chi connectivity index (χ1) is 13.2. The molecule has 3 aromatic heterocycles. The van der Waals surface area contributed by atoms with Crippen LogP contribution < -0.4 is 5.56 Å². The van der Waals surface area contributed by atoms with Gasteiger partial charge in [0, 0.05) is 54.6 Å². The average molecular weight is 378 g/mol. The van der Waals surface area contributed by atoms with E-state index in [0.29, 0.717) is 31.4 Å². The molecule has 1 aliphatic heterocycles. The number of carbonyl (C=O) groups is 1. The van der Waals surface area contributed by atoms with Crippen molar-refractivity contribution in [3.63, 3.8) is 0 Å². The van der Waals surface area contributed by atoms with Gasteiger partial charge in [0.2, 0.25) is 5.91 Å². The Hall–Kier alpha value is -2.93. The van der Waals surface area contributed by atoms with Crippen LogP contribution in [0.3, 0.4) is 0 Å². The Morgan fingerprint density at radius 2 is 2.11 bits per heavy atom. The van der Waals surface area contributed by atoms with Gasteiger partial charge >= 0.3 is 0 Å². The maximum Gasteiger partial charge on any atom is 0.262 e. The molecule has 0 aliphatic carbocycles. The van der Waals surface area contributed by atoms with Gasteiger partial charge in [0.15, 0.2) is 0 Å². The second-order valence-electron chi connectivity index (χ2n) is 6.83. The molecule has 0 unspecified atom stereocenters. The molecule has 1 N–H and O–H groups in total. The number of aromatic amines is 1. The van der Waals surface area contributed by atoms with Crippen molar-refractivity contribution in [3.05, 3.63) is 63.7 Å². The third-order valence-corrected chi connectivity index (χ3v) is 6.07. The standard InChI is InChI=1S/C20H18N4O2S/c25-18(6-9-24-12-21-19-14(20(24)26)7-10-27-19)23-8-5-17-15(11-23)13-3-1-2-4-16(13)22-17/h1-4,7,10,12,22H,5-6,8-9,11H2. The summed E-state index contributed by atoms with van der Waals surface area (Å²) < 4.78 is 1.54. The molecular weight excluding hydrogens is 360 g/mol. The number of thiophene rings is 1. The molecule has 0 fully saturated rings. The maximum absolute atomic E-state index is 12.7. The minimum absolute atomic E-state index is 0.0725. The van der Waals surface area contributed by atoms with Crippen LogP contribution in [0.5, 0.6) is 0 Å². The summed E-state index contributed by atoms with van der Waals surface area (Å²) in [6.45, 7) is 1.68. The van der Waals surface area contributed by atoms with Crippen LogP contribution >= 0.6 is 11.3 Å². The van der Waals surface area contributed by atoms with Crippen molar-refractivity contribution < 1.29 is 4.79 Å². The van der Waals surface area contributed by atoms with E-state index in [1.54, 1.807) is 12.4 Å². The van der Waals surface area contributed by atoms with Crippen LogP contribution in [-0.2, 0) is 24.3 Å². The van der Waals surface area contributed by atoms with Crippen LogP contribution in [0.15, 0.2) is 46.8 Å². The summed E-state index contributed by atoms with van der Waals surface area (Å²) in [5, 5.41) is 3.67. The highest BCUT2D eigenvalue weighted by Gasteiger charge is 2.23. The van der Waals surface area contributed by atoms with E-state index >= 15 is 0 Å². The molecule has 1 aromatic carbocycles. The van der Waals surface area contributed by atoms with Gasteiger partial charge in [-0.15, -0.1) is 11.3 Å². The van der Waals surface area contributed by atoms with E-state index in [0.717, 1.165) is 16.8 Å². The summed E-state index contributed by atoms with van der Waals surface area (Å²) in [5.74, 6) is 0.0725. The van der Waals surface area contributed by atoms with Crippen molar-refractivity contribution in [2.75, 3.05) is 6.54 Å². The van der Waals surface area contributed by atoms with Gasteiger partial charge in [-0.2, -0.15) is 0 Å². The molecule has 6 nitrogen and oxygen atoms in total. The summed E-state index contributed by atoms with van der Waals surface area (Å²) in [4.78, 5) is 35.6. The molecule has 5 rings (SSSR count). The molecule has 4 aromatic rings. The van der Waals surface area contributed by atoms with Crippen LogP contribution in [0, 0.1) is 0 Å². The monoisotopic (exact) mass is 378 g/mol. The lowest BCUT2D eigenvalue weighted by Crippen LogP contribution is -2.36. The van der Waals surface area contributed by atoms with E-state index < -0.39 is 0 Å². The van der Waals surface area contributed by atoms with Gasteiger partial charge in [-0.25, -0.2) is 4.98 Å². The van der Waals surface area contributed by atoms with Crippen LogP contribution in [0.1, 0.15) is 17.7 Å². The third-order valence-electron chi connectivity index (χ3n) is 5.25. The smallest absolute Gasteiger partial charge is 0.262 e. The lowest BCUT2D eigenvalue weighted by Gasteiger charge is -2.27. The summed E-state index contributed by atoms with van der Waals surface area (Å²) in [5.41, 5.74) is 3.48. The van der Waals surface area contributed by atoms with E-state index in [2.05, 4.69) is 22.1 Å². The lowest BCUT2D eigenvalue weighted by atomic mass is 10.0. The Morgan fingerprint density at radius 1 is 1.22 bits per heavy atom. The number of aromatic nitrogens is 3. The van der Waals surface area contributed by atoms with Gasteiger partial charge in [-0.1, -0.05) is 18.2 Å². The molecule has 1 amide bonds. The fourth-order valence-electron chi connectivity index (χ4n) is 3.81. The summed E-state index contributed by atoms with van der Waals surface area (Å²) in [7, 11) is 0. The van der Waals surface area contributed by atoms with Crippen LogP contribution in [0.25, 0.3) is 21.1 Å². The number of fused-ring (bicyclic) bond motifs is 4. The van der Waals surface area contributed by atoms with Crippen molar-refractivity contribution >= 4 is 38.4 Å². The molecule has 136 valence electrons. The molecule has 0 atom stereocenters. The Labute approximate surface area is 159 Å². The highest BCUT2D eigenvalue weighted by atomic mass is 32.1. The molecule has 0 saturated heterocycles. The molecule has 27 heavy (non-hydrogen) atoms. The number of para-hydroxylation sites is 1. The van der Waals surface area contributed by atoms with Crippen molar-refractivity contribution in [3.8, 4) is 0 Å². The summed E-state index contributed by atoms with van der Waals surface area (Å²) >= 11 is 1.45. The van der Waals surface area contributed by atoms with E-state index in [9.17, 15) is 9.59 Å². The fourth-order valence-corrected chi connectivity index (χ4v) is 4.53. The van der Waals surface area contributed by atoms with E-state index in [4.69, 9.17) is 0 Å². The van der Waals surface area contributed by atoms with Crippen LogP contribution in [0.2, 0.25) is 0 Å². The van der Waals surface area contributed by atoms with Crippen molar-refractivity contribution in [1.82, 2.24) is 19.4 Å². The first-order valence-corrected chi connectivity index (χ1v) is 9.87. The number of nitrogens with zero attached hydrogens (tertiary/aromatic N) is 3. The normalized spacial score (nSPS) is 14.0. The number of amides is 1. The molecule has 0 spiro atoms. The summed E-state index contributed by atoms with van der Waals surface area (Å²) in [6.07, 6.45) is 2.68. The van der Waals surface area contributed by atoms with E-state index in [1.807, 2.05) is 22.4 Å². The van der Waals surface area contributed by atoms with Crippen LogP contribution in [-0.4, -0.2) is 31.9 Å². The van der Waals surface area contributed by atoms with Gasteiger partial charge in [-0.05, 0) is 17.5 Å². The molecule has 0 bridgehead atoms. The Morgan fingerprint density at radius 3 is 3.04 bits per heavy atom. The minimum Gasteiger partial charge on any atom is -0.358 e. The van der Waals surface area contributed by atoms with Gasteiger partial charge in [0.25, 0.3) is 5.56 Å². The second kappa shape index (κ2) is 6.35. The second-order valence-corrected chi connectivity index (χ2v) is 7.72. The topological polar surface area (TPSA) is 71.0 Å². The van der Waals surface area contributed by atoms with Gasteiger partial charge in [0.1, 0.15) is 4.83 Å². The summed E-state index contributed by atoms with van der Waals surface area (Å²) in [6, 6.07) is 10.00. The molecule has 4 heterocycles. The lowest BCUT2D eigenvalue weighted by molar-refractivity contribution is -0.132. The quantitative estimate of drug-likeness (QED) is 0.596. The predicted octanol–water partition coefficient (Wildman–Crippen LogP) is 2.91. The Kier molecular flexibility index (Phi) is 3.82. The number of hydrogen-bond donors (Lipinski definition) is 1. The first kappa shape index (κ1) is 16.3. The number of H-pyrrole nitrogens is 1. The highest BCUT2D eigenvalue weighted by molar-refractivity contribution is 7.16. The van der Waals surface area contributed by atoms with Gasteiger partial charge in [-0.3, -0.25) is 14.2 Å². The third kappa shape index (κ3) is 2.75. The predicted molar refractivity (Wildman–Crippen MR) is 106 cm³/mol. The van der Waals surface area contributed by atoms with Gasteiger partial charge < -0.3 is 9.88 Å². The zero-order chi connectivity index (χ0) is 18.4. The Bertz CT molecular complexity index is 1220. The number of carbonyl (C=O) groups excluding carboxylic acids is 1. The average Bonchev–Trinajstić information content (AvgIpc) is 3.31. The van der Waals surface area contributed by atoms with Gasteiger partial charge in [0.05, 0.1) is 11.7 Å². The largest absolute Gasteiger partial charge is 0.358 e. The number of nitrogens with one attached hydrogen (secondary N) is 1. The molecule has 1 aliphatic rings. The number of rotatable bonds is 3. The number of hydrogen-bond acceptors (Lipinski definition) is 4. The number of aryl methyl sites for hydroxylation is 1. The van der Waals surface area contributed by atoms with Crippen molar-refractivity contribution in [2.45, 2.75) is 25.9 Å². The minimum atomic E-state index is -0.0772. The maximum atomic E-state index is 12.7. The van der Waals surface area contributed by atoms with Crippen molar-refractivity contribution in [1.29, 1.82) is 0 Å². The van der Waals surface area contributed by atoms with Crippen molar-refractivity contribution in [2.24, 2.45) is 0 Å². The highest BCUT2D eigenvalue weighted by Crippen LogP contribution is 2.27. The number of benzene rings is 1. The molecule has 0 saturated carbocycles. The molecule has 0 radical (unpaired) electrons. The van der Waals surface area contributed by atoms with Crippen LogP contribution in [0.4, 0.5) is 0 Å². The van der Waals surface area contributed by atoms with E-state index in [1.165, 1.54) is 32.5 Å². The Balaban J connectivity index is 1.33. The zero-order valence-corrected chi connectivity index (χ0v) is 15.5. The fraction of sp³-hybridized carbons (Fsp3) is 0.250. The SMILES string of the molecule is O=C(CCn1cnc2sccc2c1=O)N1CCc2[nH]c3ccccc3c2C1. The first-order valence-electron chi connectivity index (χ1n) is 8.99. The van der Waals surface area contributed by atoms with E-state index in [-0.39, 0.29) is 11.5 Å².